The van der Waals surface area contributed by atoms with Gasteiger partial charge in [0.05, 0.1) is 17.6 Å². The molecule has 0 atom stereocenters. The molecular formula is C11H8N6O. The van der Waals surface area contributed by atoms with Gasteiger partial charge in [-0.1, -0.05) is 11.2 Å². The van der Waals surface area contributed by atoms with Gasteiger partial charge in [0.15, 0.2) is 5.82 Å². The van der Waals surface area contributed by atoms with E-state index in [4.69, 9.17) is 11.0 Å². The van der Waals surface area contributed by atoms with Crippen LogP contribution in [0.25, 0.3) is 11.0 Å². The van der Waals surface area contributed by atoms with Gasteiger partial charge in [0.1, 0.15) is 11.6 Å². The molecule has 3 aromatic rings. The highest BCUT2D eigenvalue weighted by atomic mass is 16.5. The maximum Gasteiger partial charge on any atom is 0.213 e. The fourth-order valence-electron chi connectivity index (χ4n) is 1.82. The summed E-state index contributed by atoms with van der Waals surface area (Å²) in [5.74, 6) is 0.820. The average molecular weight is 240 g/mol. The van der Waals surface area contributed by atoms with Gasteiger partial charge in [0.25, 0.3) is 0 Å². The summed E-state index contributed by atoms with van der Waals surface area (Å²) in [4.78, 5) is 8.13. The quantitative estimate of drug-likeness (QED) is 0.713. The molecule has 88 valence electrons. The highest BCUT2D eigenvalue weighted by Gasteiger charge is 2.12. The van der Waals surface area contributed by atoms with Gasteiger partial charge in [-0.05, 0) is 12.1 Å². The van der Waals surface area contributed by atoms with Gasteiger partial charge in [-0.25, -0.2) is 4.98 Å². The van der Waals surface area contributed by atoms with Gasteiger partial charge in [0, 0.05) is 0 Å². The lowest BCUT2D eigenvalue weighted by atomic mass is 10.2. The van der Waals surface area contributed by atoms with E-state index in [9.17, 15) is 0 Å². The van der Waals surface area contributed by atoms with Crippen LogP contribution in [0.4, 0.5) is 5.95 Å². The second-order valence-corrected chi connectivity index (χ2v) is 3.69. The summed E-state index contributed by atoms with van der Waals surface area (Å²) in [6, 6.07) is 7.42. The van der Waals surface area contributed by atoms with Crippen molar-refractivity contribution in [2.75, 3.05) is 5.73 Å². The molecule has 0 saturated heterocycles. The molecule has 0 aliphatic carbocycles. The molecule has 0 saturated carbocycles. The zero-order valence-corrected chi connectivity index (χ0v) is 9.24. The number of nitriles is 1. The smallest absolute Gasteiger partial charge is 0.213 e. The second kappa shape index (κ2) is 3.85. The first kappa shape index (κ1) is 10.3. The molecule has 7 heteroatoms. The molecule has 7 nitrogen and oxygen atoms in total. The Kier molecular flexibility index (Phi) is 2.20. The third-order valence-corrected chi connectivity index (χ3v) is 2.64. The Hall–Kier alpha value is -2.88. The van der Waals surface area contributed by atoms with Crippen LogP contribution >= 0.6 is 0 Å². The number of nitrogen functional groups attached to an aromatic ring is 1. The predicted octanol–water partition coefficient (Wildman–Crippen LogP) is 0.921. The first-order valence-electron chi connectivity index (χ1n) is 5.19. The van der Waals surface area contributed by atoms with E-state index in [1.807, 2.05) is 6.07 Å². The summed E-state index contributed by atoms with van der Waals surface area (Å²) in [5, 5.41) is 12.7. The van der Waals surface area contributed by atoms with Crippen LogP contribution in [0, 0.1) is 11.3 Å². The number of benzene rings is 1. The van der Waals surface area contributed by atoms with E-state index < -0.39 is 0 Å². The minimum Gasteiger partial charge on any atom is -0.369 e. The van der Waals surface area contributed by atoms with E-state index >= 15 is 0 Å². The summed E-state index contributed by atoms with van der Waals surface area (Å²) in [5.41, 5.74) is 7.70. The van der Waals surface area contributed by atoms with Crippen molar-refractivity contribution in [1.29, 1.82) is 5.26 Å². The highest BCUT2D eigenvalue weighted by molar-refractivity contribution is 5.84. The molecule has 0 fully saturated rings. The largest absolute Gasteiger partial charge is 0.369 e. The lowest BCUT2D eigenvalue weighted by molar-refractivity contribution is 0.408. The Morgan fingerprint density at radius 3 is 3.06 bits per heavy atom. The Balaban J connectivity index is 2.18. The van der Waals surface area contributed by atoms with Crippen molar-refractivity contribution in [3.8, 4) is 6.07 Å². The molecule has 2 N–H and O–H groups in total. The Labute approximate surface area is 101 Å². The maximum absolute atomic E-state index is 9.01. The average Bonchev–Trinajstić information content (AvgIpc) is 2.99. The minimum absolute atomic E-state index is 0.317. The number of fused-ring (bicyclic) bond motifs is 1. The summed E-state index contributed by atoms with van der Waals surface area (Å²) in [6.45, 7) is 0.355. The van der Waals surface area contributed by atoms with Crippen molar-refractivity contribution in [2.45, 2.75) is 6.54 Å². The molecule has 1 aromatic carbocycles. The molecule has 2 heterocycles. The molecule has 2 aromatic heterocycles. The van der Waals surface area contributed by atoms with Gasteiger partial charge >= 0.3 is 0 Å². The number of hydrogen-bond acceptors (Lipinski definition) is 6. The van der Waals surface area contributed by atoms with Crippen LogP contribution in [-0.2, 0) is 6.54 Å². The minimum atomic E-state index is 0.317. The Morgan fingerprint density at radius 2 is 2.33 bits per heavy atom. The van der Waals surface area contributed by atoms with E-state index in [0.717, 1.165) is 5.52 Å². The van der Waals surface area contributed by atoms with E-state index in [1.54, 1.807) is 16.7 Å². The lowest BCUT2D eigenvalue weighted by Crippen LogP contribution is -2.05. The third kappa shape index (κ3) is 1.48. The summed E-state index contributed by atoms with van der Waals surface area (Å²) in [6.07, 6.45) is 1.26. The molecule has 0 radical (unpaired) electrons. The highest BCUT2D eigenvalue weighted by Crippen LogP contribution is 2.21. The van der Waals surface area contributed by atoms with E-state index in [2.05, 4.69) is 25.7 Å². The first-order chi connectivity index (χ1) is 8.79. The topological polar surface area (TPSA) is 107 Å². The maximum atomic E-state index is 9.01. The molecule has 3 rings (SSSR count). The van der Waals surface area contributed by atoms with Gasteiger partial charge in [-0.3, -0.25) is 0 Å². The fourth-order valence-corrected chi connectivity index (χ4v) is 1.82. The number of para-hydroxylation sites is 1. The van der Waals surface area contributed by atoms with Gasteiger partial charge in [-0.2, -0.15) is 10.2 Å². The Bertz CT molecular complexity index is 737. The van der Waals surface area contributed by atoms with Crippen LogP contribution in [0.15, 0.2) is 29.1 Å². The predicted molar refractivity (Wildman–Crippen MR) is 62.3 cm³/mol. The molecule has 0 unspecified atom stereocenters. The second-order valence-electron chi connectivity index (χ2n) is 3.69. The zero-order chi connectivity index (χ0) is 12.5. The third-order valence-electron chi connectivity index (χ3n) is 2.64. The zero-order valence-electron chi connectivity index (χ0n) is 9.24. The van der Waals surface area contributed by atoms with Crippen LogP contribution in [0.1, 0.15) is 11.4 Å². The summed E-state index contributed by atoms with van der Waals surface area (Å²) < 4.78 is 6.41. The number of anilines is 1. The number of nitrogens with zero attached hydrogens (tertiary/aromatic N) is 5. The van der Waals surface area contributed by atoms with Crippen molar-refractivity contribution in [2.24, 2.45) is 0 Å². The number of aromatic nitrogens is 4. The number of rotatable bonds is 2. The van der Waals surface area contributed by atoms with Crippen LogP contribution in [0.5, 0.6) is 0 Å². The van der Waals surface area contributed by atoms with Crippen LogP contribution < -0.4 is 5.73 Å². The monoisotopic (exact) mass is 240 g/mol. The normalized spacial score (nSPS) is 10.6. The number of hydrogen-bond donors (Lipinski definition) is 1. The van der Waals surface area contributed by atoms with E-state index in [-0.39, 0.29) is 0 Å². The molecule has 0 aliphatic heterocycles. The van der Waals surface area contributed by atoms with Gasteiger partial charge < -0.3 is 14.8 Å². The SMILES string of the molecule is N#Cc1cccc2c1nc(N)n2Cc1ncon1. The van der Waals surface area contributed by atoms with Crippen molar-refractivity contribution in [1.82, 2.24) is 19.7 Å². The van der Waals surface area contributed by atoms with Crippen LogP contribution in [0.3, 0.4) is 0 Å². The Morgan fingerprint density at radius 1 is 1.44 bits per heavy atom. The van der Waals surface area contributed by atoms with Gasteiger partial charge in [-0.15, -0.1) is 0 Å². The number of imidazole rings is 1. The van der Waals surface area contributed by atoms with Crippen molar-refractivity contribution < 1.29 is 4.52 Å². The lowest BCUT2D eigenvalue weighted by Gasteiger charge is -2.02. The molecule has 0 spiro atoms. The molecule has 0 bridgehead atoms. The standard InChI is InChI=1S/C11H8N6O/c12-4-7-2-1-3-8-10(7)15-11(13)17(8)5-9-14-6-18-16-9/h1-3,6H,5H2,(H2,13,15). The first-order valence-corrected chi connectivity index (χ1v) is 5.19. The van der Waals surface area contributed by atoms with Crippen molar-refractivity contribution in [3.63, 3.8) is 0 Å². The van der Waals surface area contributed by atoms with E-state index in [1.165, 1.54) is 6.39 Å². The van der Waals surface area contributed by atoms with Crippen molar-refractivity contribution in [3.05, 3.63) is 36.0 Å². The fraction of sp³-hybridized carbons (Fsp3) is 0.0909. The summed E-state index contributed by atoms with van der Waals surface area (Å²) in [7, 11) is 0. The van der Waals surface area contributed by atoms with E-state index in [0.29, 0.717) is 29.4 Å². The molecule has 0 amide bonds. The molecule has 0 aliphatic rings. The molecule has 18 heavy (non-hydrogen) atoms. The van der Waals surface area contributed by atoms with Gasteiger partial charge in [0.2, 0.25) is 12.3 Å². The number of nitrogens with two attached hydrogens (primary N) is 1. The van der Waals surface area contributed by atoms with Crippen molar-refractivity contribution >= 4 is 17.0 Å². The van der Waals surface area contributed by atoms with Crippen LogP contribution in [-0.4, -0.2) is 19.7 Å². The van der Waals surface area contributed by atoms with Crippen LogP contribution in [0.2, 0.25) is 0 Å². The molecular weight excluding hydrogens is 232 g/mol. The summed E-state index contributed by atoms with van der Waals surface area (Å²) >= 11 is 0.